The average Bonchev–Trinajstić information content (AvgIpc) is 2.69. The molecule has 2 heteroatoms. The molecule has 0 spiro atoms. The van der Waals surface area contributed by atoms with Crippen LogP contribution in [-0.4, -0.2) is 17.6 Å². The van der Waals surface area contributed by atoms with Crippen molar-refractivity contribution in [3.8, 4) is 0 Å². The summed E-state index contributed by atoms with van der Waals surface area (Å²) >= 11 is 0. The third-order valence-electron chi connectivity index (χ3n) is 2.86. The third kappa shape index (κ3) is 2.59. The van der Waals surface area contributed by atoms with Crippen LogP contribution >= 0.6 is 0 Å². The zero-order valence-corrected chi connectivity index (χ0v) is 8.05. The van der Waals surface area contributed by atoms with Gasteiger partial charge in [-0.25, -0.2) is 0 Å². The molecule has 0 bridgehead atoms. The van der Waals surface area contributed by atoms with E-state index < -0.39 is 0 Å². The predicted molar refractivity (Wildman–Crippen MR) is 54.8 cm³/mol. The van der Waals surface area contributed by atoms with Gasteiger partial charge in [0.25, 0.3) is 0 Å². The molecular weight excluding hydrogens is 160 g/mol. The van der Waals surface area contributed by atoms with E-state index in [1.807, 2.05) is 6.20 Å². The number of aryl methyl sites for hydroxylation is 1. The molecule has 13 heavy (non-hydrogen) atoms. The Morgan fingerprint density at radius 2 is 2.38 bits per heavy atom. The monoisotopic (exact) mass is 178 g/mol. The van der Waals surface area contributed by atoms with Gasteiger partial charge in [-0.15, -0.1) is 0 Å². The van der Waals surface area contributed by atoms with Gasteiger partial charge in [-0.2, -0.15) is 0 Å². The van der Waals surface area contributed by atoms with E-state index in [0.29, 0.717) is 0 Å². The van der Waals surface area contributed by atoms with Crippen LogP contribution in [0.15, 0.2) is 18.5 Å². The highest BCUT2D eigenvalue weighted by Crippen LogP contribution is 2.12. The van der Waals surface area contributed by atoms with E-state index in [-0.39, 0.29) is 0 Å². The topological polar surface area (TPSA) is 27.8 Å². The Balaban J connectivity index is 1.72. The van der Waals surface area contributed by atoms with Gasteiger partial charge in [0.1, 0.15) is 0 Å². The van der Waals surface area contributed by atoms with Crippen LogP contribution in [0.5, 0.6) is 0 Å². The highest BCUT2D eigenvalue weighted by Gasteiger charge is 2.11. The van der Waals surface area contributed by atoms with Gasteiger partial charge in [-0.05, 0) is 43.9 Å². The van der Waals surface area contributed by atoms with Gasteiger partial charge in [0.2, 0.25) is 0 Å². The third-order valence-corrected chi connectivity index (χ3v) is 2.86. The van der Waals surface area contributed by atoms with E-state index in [9.17, 15) is 0 Å². The predicted octanol–water partition coefficient (Wildman–Crippen LogP) is 2.09. The minimum Gasteiger partial charge on any atom is -0.367 e. The lowest BCUT2D eigenvalue weighted by Gasteiger charge is -2.23. The number of aromatic nitrogens is 1. The second-order valence-electron chi connectivity index (χ2n) is 3.90. The molecule has 1 fully saturated rings. The molecule has 1 unspecified atom stereocenters. The molecule has 1 aromatic rings. The Labute approximate surface area is 79.7 Å². The fourth-order valence-electron chi connectivity index (χ4n) is 2.03. The first-order valence-corrected chi connectivity index (χ1v) is 5.30. The summed E-state index contributed by atoms with van der Waals surface area (Å²) in [5.74, 6) is 0. The zero-order chi connectivity index (χ0) is 8.93. The molecule has 72 valence electrons. The minimum atomic E-state index is 0.767. The van der Waals surface area contributed by atoms with E-state index in [1.165, 1.54) is 44.2 Å². The van der Waals surface area contributed by atoms with Gasteiger partial charge in [-0.1, -0.05) is 6.42 Å². The molecule has 1 aliphatic heterocycles. The average molecular weight is 178 g/mol. The van der Waals surface area contributed by atoms with E-state index >= 15 is 0 Å². The minimum absolute atomic E-state index is 0.767. The molecule has 0 aromatic carbocycles. The molecular formula is C11H18N2. The Morgan fingerprint density at radius 3 is 3.08 bits per heavy atom. The zero-order valence-electron chi connectivity index (χ0n) is 8.05. The molecule has 0 amide bonds. The molecule has 2 nitrogen and oxygen atoms in total. The van der Waals surface area contributed by atoms with Crippen molar-refractivity contribution in [1.29, 1.82) is 0 Å². The summed E-state index contributed by atoms with van der Waals surface area (Å²) in [4.78, 5) is 3.10. The molecule has 1 aromatic heterocycles. The van der Waals surface area contributed by atoms with Crippen LogP contribution in [0.3, 0.4) is 0 Å². The van der Waals surface area contributed by atoms with E-state index in [2.05, 4.69) is 22.6 Å². The molecule has 1 saturated heterocycles. The van der Waals surface area contributed by atoms with Crippen molar-refractivity contribution in [3.63, 3.8) is 0 Å². The molecule has 0 aliphatic carbocycles. The Morgan fingerprint density at radius 1 is 1.38 bits per heavy atom. The van der Waals surface area contributed by atoms with Crippen molar-refractivity contribution < 1.29 is 0 Å². The SMILES string of the molecule is c1cc(CCC2CCCCN2)c[nH]1. The van der Waals surface area contributed by atoms with Gasteiger partial charge in [0.15, 0.2) is 0 Å². The van der Waals surface area contributed by atoms with Gasteiger partial charge in [0, 0.05) is 18.4 Å². The molecule has 2 N–H and O–H groups in total. The summed E-state index contributed by atoms with van der Waals surface area (Å²) in [5, 5.41) is 3.57. The lowest BCUT2D eigenvalue weighted by Crippen LogP contribution is -2.34. The maximum atomic E-state index is 3.57. The smallest absolute Gasteiger partial charge is 0.00702 e. The Hall–Kier alpha value is -0.760. The van der Waals surface area contributed by atoms with Crippen molar-refractivity contribution in [2.24, 2.45) is 0 Å². The molecule has 0 radical (unpaired) electrons. The summed E-state index contributed by atoms with van der Waals surface area (Å²) in [5.41, 5.74) is 1.44. The first-order valence-electron chi connectivity index (χ1n) is 5.30. The normalized spacial score (nSPS) is 23.2. The van der Waals surface area contributed by atoms with Crippen LogP contribution in [0.2, 0.25) is 0 Å². The number of hydrogen-bond acceptors (Lipinski definition) is 1. The lowest BCUT2D eigenvalue weighted by molar-refractivity contribution is 0.383. The summed E-state index contributed by atoms with van der Waals surface area (Å²) in [6, 6.07) is 2.94. The largest absolute Gasteiger partial charge is 0.367 e. The Kier molecular flexibility index (Phi) is 3.03. The quantitative estimate of drug-likeness (QED) is 0.728. The van der Waals surface area contributed by atoms with Crippen molar-refractivity contribution in [2.75, 3.05) is 6.54 Å². The standard InChI is InChI=1S/C11H18N2/c1-2-7-13-11(3-1)5-4-10-6-8-12-9-10/h6,8-9,11-13H,1-5,7H2. The second kappa shape index (κ2) is 4.47. The maximum absolute atomic E-state index is 3.57. The highest BCUT2D eigenvalue weighted by atomic mass is 14.9. The van der Waals surface area contributed by atoms with Crippen molar-refractivity contribution in [3.05, 3.63) is 24.0 Å². The second-order valence-corrected chi connectivity index (χ2v) is 3.90. The number of piperidine rings is 1. The highest BCUT2D eigenvalue weighted by molar-refractivity contribution is 5.08. The summed E-state index contributed by atoms with van der Waals surface area (Å²) < 4.78 is 0. The number of H-pyrrole nitrogens is 1. The summed E-state index contributed by atoms with van der Waals surface area (Å²) in [6.07, 6.45) is 10.7. The van der Waals surface area contributed by atoms with Crippen LogP contribution in [0.1, 0.15) is 31.2 Å². The number of hydrogen-bond donors (Lipinski definition) is 2. The van der Waals surface area contributed by atoms with Crippen LogP contribution in [-0.2, 0) is 6.42 Å². The van der Waals surface area contributed by atoms with Crippen LogP contribution in [0.25, 0.3) is 0 Å². The Bertz CT molecular complexity index is 222. The van der Waals surface area contributed by atoms with Gasteiger partial charge in [-0.3, -0.25) is 0 Å². The molecule has 2 rings (SSSR count). The van der Waals surface area contributed by atoms with E-state index in [1.54, 1.807) is 0 Å². The van der Waals surface area contributed by atoms with Crippen molar-refractivity contribution in [2.45, 2.75) is 38.1 Å². The van der Waals surface area contributed by atoms with Crippen molar-refractivity contribution >= 4 is 0 Å². The number of rotatable bonds is 3. The summed E-state index contributed by atoms with van der Waals surface area (Å²) in [6.45, 7) is 1.22. The van der Waals surface area contributed by atoms with Gasteiger partial charge >= 0.3 is 0 Å². The maximum Gasteiger partial charge on any atom is 0.00702 e. The summed E-state index contributed by atoms with van der Waals surface area (Å²) in [7, 11) is 0. The van der Waals surface area contributed by atoms with E-state index in [0.717, 1.165) is 6.04 Å². The fraction of sp³-hybridized carbons (Fsp3) is 0.636. The molecule has 1 aliphatic rings. The lowest BCUT2D eigenvalue weighted by atomic mass is 9.99. The fourth-order valence-corrected chi connectivity index (χ4v) is 2.03. The first kappa shape index (κ1) is 8.82. The molecule has 1 atom stereocenters. The van der Waals surface area contributed by atoms with Crippen molar-refractivity contribution in [1.82, 2.24) is 10.3 Å². The number of nitrogens with one attached hydrogen (secondary N) is 2. The van der Waals surface area contributed by atoms with Gasteiger partial charge in [0.05, 0.1) is 0 Å². The number of aromatic amines is 1. The van der Waals surface area contributed by atoms with Crippen LogP contribution in [0.4, 0.5) is 0 Å². The molecule has 2 heterocycles. The first-order chi connectivity index (χ1) is 6.45. The van der Waals surface area contributed by atoms with Crippen LogP contribution in [0, 0.1) is 0 Å². The molecule has 0 saturated carbocycles. The van der Waals surface area contributed by atoms with Gasteiger partial charge < -0.3 is 10.3 Å². The van der Waals surface area contributed by atoms with E-state index in [4.69, 9.17) is 0 Å². The van der Waals surface area contributed by atoms with Crippen LogP contribution < -0.4 is 5.32 Å².